The summed E-state index contributed by atoms with van der Waals surface area (Å²) in [6.07, 6.45) is -1.03. The Morgan fingerprint density at radius 3 is 2.42 bits per heavy atom. The smallest absolute Gasteiger partial charge is 0.336 e. The van der Waals surface area contributed by atoms with Crippen LogP contribution in [-0.4, -0.2) is 50.9 Å². The predicted molar refractivity (Wildman–Crippen MR) is 138 cm³/mol. The van der Waals surface area contributed by atoms with Crippen molar-refractivity contribution < 1.29 is 28.0 Å². The molecule has 1 fully saturated rings. The minimum Gasteiger partial charge on any atom is -0.478 e. The first-order valence-corrected chi connectivity index (χ1v) is 12.2. The van der Waals surface area contributed by atoms with Gasteiger partial charge in [-0.3, -0.25) is 4.79 Å². The first-order chi connectivity index (χ1) is 18.2. The number of carboxylic acids is 1. The Balaban J connectivity index is 1.63. The summed E-state index contributed by atoms with van der Waals surface area (Å²) in [4.78, 5) is 27.0. The van der Waals surface area contributed by atoms with Crippen molar-refractivity contribution in [1.82, 2.24) is 14.6 Å². The average Bonchev–Trinajstić information content (AvgIpc) is 3.38. The molecule has 1 aliphatic heterocycles. The van der Waals surface area contributed by atoms with Gasteiger partial charge in [0, 0.05) is 34.0 Å². The van der Waals surface area contributed by atoms with E-state index >= 15 is 0 Å². The van der Waals surface area contributed by atoms with Gasteiger partial charge in [0.05, 0.1) is 29.9 Å². The van der Waals surface area contributed by atoms with Gasteiger partial charge in [-0.15, -0.1) is 0 Å². The number of aromatic carboxylic acids is 1. The molecule has 3 heterocycles. The van der Waals surface area contributed by atoms with Crippen LogP contribution < -0.4 is 0 Å². The van der Waals surface area contributed by atoms with Crippen molar-refractivity contribution in [3.63, 3.8) is 0 Å². The van der Waals surface area contributed by atoms with Crippen LogP contribution in [0.15, 0.2) is 59.1 Å². The summed E-state index contributed by atoms with van der Waals surface area (Å²) in [7, 11) is 0. The lowest BCUT2D eigenvalue weighted by molar-refractivity contribution is 0.0400. The molecule has 5 aromatic rings. The number of rotatable bonds is 5. The number of likely N-dealkylation sites (tertiary alicyclic amines) is 1. The number of aryl methyl sites for hydroxylation is 2. The van der Waals surface area contributed by atoms with Gasteiger partial charge in [-0.05, 0) is 67.4 Å². The van der Waals surface area contributed by atoms with Crippen LogP contribution in [0.1, 0.15) is 37.7 Å². The van der Waals surface area contributed by atoms with Crippen molar-refractivity contribution in [2.75, 3.05) is 13.1 Å². The molecular formula is C29H23F2N3O4. The number of carbonyl (C=O) groups is 2. The standard InChI is InChI=1S/C29H23F2N3O4/c1-15-26(16(2)38-32-15)19-10-23(29(36)37)27-22-9-18(28(35)33-13-21(31)14-33)5-8-24(22)34(25(27)11-19)12-17-3-6-20(30)7-4-17/h3-11,21H,12-14H2,1-2H3,(H,36,37). The lowest BCUT2D eigenvalue weighted by atomic mass is 9.97. The molecule has 192 valence electrons. The van der Waals surface area contributed by atoms with E-state index in [1.165, 1.54) is 17.0 Å². The fourth-order valence-electron chi connectivity index (χ4n) is 5.28. The second-order valence-electron chi connectivity index (χ2n) is 9.67. The molecule has 0 saturated carbocycles. The zero-order valence-corrected chi connectivity index (χ0v) is 20.7. The number of hydrogen-bond acceptors (Lipinski definition) is 4. The number of carboxylic acid groups (broad SMARTS) is 1. The molecule has 1 amide bonds. The maximum atomic E-state index is 13.6. The van der Waals surface area contributed by atoms with Gasteiger partial charge < -0.3 is 19.1 Å². The normalized spacial score (nSPS) is 13.8. The molecule has 1 aliphatic rings. The number of carbonyl (C=O) groups excluding carboxylic acids is 1. The number of fused-ring (bicyclic) bond motifs is 3. The minimum atomic E-state index is -1.12. The second kappa shape index (κ2) is 8.79. The minimum absolute atomic E-state index is 0.0460. The molecule has 0 atom stereocenters. The summed E-state index contributed by atoms with van der Waals surface area (Å²) in [6.45, 7) is 3.99. The number of nitrogens with zero attached hydrogens (tertiary/aromatic N) is 3. The third-order valence-corrected chi connectivity index (χ3v) is 7.14. The molecule has 9 heteroatoms. The molecule has 1 saturated heterocycles. The molecule has 2 aromatic heterocycles. The van der Waals surface area contributed by atoms with Crippen molar-refractivity contribution in [3.8, 4) is 11.1 Å². The highest BCUT2D eigenvalue weighted by Crippen LogP contribution is 2.38. The topological polar surface area (TPSA) is 88.6 Å². The van der Waals surface area contributed by atoms with Gasteiger partial charge in [0.25, 0.3) is 5.91 Å². The van der Waals surface area contributed by atoms with Crippen LogP contribution in [0.3, 0.4) is 0 Å². The summed E-state index contributed by atoms with van der Waals surface area (Å²) >= 11 is 0. The van der Waals surface area contributed by atoms with Gasteiger partial charge in [0.2, 0.25) is 0 Å². The van der Waals surface area contributed by atoms with Gasteiger partial charge in [0.15, 0.2) is 0 Å². The fourth-order valence-corrected chi connectivity index (χ4v) is 5.28. The van der Waals surface area contributed by atoms with Gasteiger partial charge in [0.1, 0.15) is 17.7 Å². The number of benzene rings is 3. The molecule has 6 rings (SSSR count). The molecule has 0 radical (unpaired) electrons. The first-order valence-electron chi connectivity index (χ1n) is 12.2. The summed E-state index contributed by atoms with van der Waals surface area (Å²) in [6, 6.07) is 14.7. The van der Waals surface area contributed by atoms with Crippen LogP contribution in [0, 0.1) is 19.7 Å². The van der Waals surface area contributed by atoms with Gasteiger partial charge in [-0.25, -0.2) is 13.6 Å². The van der Waals surface area contributed by atoms with E-state index in [2.05, 4.69) is 5.16 Å². The maximum Gasteiger partial charge on any atom is 0.336 e. The Labute approximate surface area is 215 Å². The predicted octanol–water partition coefficient (Wildman–Crippen LogP) is 5.75. The summed E-state index contributed by atoms with van der Waals surface area (Å²) in [5, 5.41) is 15.4. The van der Waals surface area contributed by atoms with Gasteiger partial charge in [-0.1, -0.05) is 17.3 Å². The summed E-state index contributed by atoms with van der Waals surface area (Å²) in [5.41, 5.74) is 4.58. The monoisotopic (exact) mass is 515 g/mol. The van der Waals surface area contributed by atoms with Crippen LogP contribution in [0.2, 0.25) is 0 Å². The summed E-state index contributed by atoms with van der Waals surface area (Å²) in [5.74, 6) is -1.21. The number of hydrogen-bond donors (Lipinski definition) is 1. The molecule has 38 heavy (non-hydrogen) atoms. The van der Waals surface area contributed by atoms with E-state index in [9.17, 15) is 23.5 Å². The first kappa shape index (κ1) is 23.8. The molecule has 0 bridgehead atoms. The Morgan fingerprint density at radius 2 is 1.79 bits per heavy atom. The van der Waals surface area contributed by atoms with E-state index in [1.807, 2.05) is 10.6 Å². The zero-order chi connectivity index (χ0) is 26.7. The zero-order valence-electron chi connectivity index (χ0n) is 20.7. The van der Waals surface area contributed by atoms with Crippen molar-refractivity contribution in [1.29, 1.82) is 0 Å². The molecule has 3 aromatic carbocycles. The van der Waals surface area contributed by atoms with Crippen molar-refractivity contribution in [2.45, 2.75) is 26.6 Å². The average molecular weight is 516 g/mol. The van der Waals surface area contributed by atoms with E-state index in [0.717, 1.165) is 5.56 Å². The van der Waals surface area contributed by atoms with Crippen LogP contribution in [-0.2, 0) is 6.54 Å². The van der Waals surface area contributed by atoms with Crippen molar-refractivity contribution in [2.24, 2.45) is 0 Å². The van der Waals surface area contributed by atoms with E-state index in [1.54, 1.807) is 50.2 Å². The molecule has 0 spiro atoms. The Hall–Kier alpha value is -4.53. The van der Waals surface area contributed by atoms with E-state index in [4.69, 9.17) is 4.52 Å². The quantitative estimate of drug-likeness (QED) is 0.322. The lowest BCUT2D eigenvalue weighted by Gasteiger charge is -2.34. The Bertz CT molecular complexity index is 1730. The van der Waals surface area contributed by atoms with Gasteiger partial charge in [-0.2, -0.15) is 0 Å². The highest BCUT2D eigenvalue weighted by atomic mass is 19.1. The number of alkyl halides is 1. The number of amides is 1. The second-order valence-corrected chi connectivity index (χ2v) is 9.67. The maximum absolute atomic E-state index is 13.6. The van der Waals surface area contributed by atoms with E-state index in [0.29, 0.717) is 56.5 Å². The van der Waals surface area contributed by atoms with Crippen LogP contribution in [0.4, 0.5) is 8.78 Å². The molecular weight excluding hydrogens is 492 g/mol. The number of aromatic nitrogens is 2. The largest absolute Gasteiger partial charge is 0.478 e. The van der Waals surface area contributed by atoms with E-state index in [-0.39, 0.29) is 30.4 Å². The van der Waals surface area contributed by atoms with E-state index < -0.39 is 12.1 Å². The van der Waals surface area contributed by atoms with Crippen molar-refractivity contribution in [3.05, 3.63) is 88.6 Å². The Kier molecular flexibility index (Phi) is 5.52. The van der Waals surface area contributed by atoms with Crippen LogP contribution >= 0.6 is 0 Å². The van der Waals surface area contributed by atoms with Crippen molar-refractivity contribution >= 4 is 33.7 Å². The third kappa shape index (κ3) is 3.82. The van der Waals surface area contributed by atoms with Gasteiger partial charge >= 0.3 is 5.97 Å². The Morgan fingerprint density at radius 1 is 1.05 bits per heavy atom. The molecule has 7 nitrogen and oxygen atoms in total. The molecule has 0 unspecified atom stereocenters. The van der Waals surface area contributed by atoms with Crippen LogP contribution in [0.5, 0.6) is 0 Å². The highest BCUT2D eigenvalue weighted by Gasteiger charge is 2.31. The molecule has 0 aliphatic carbocycles. The summed E-state index contributed by atoms with van der Waals surface area (Å²) < 4.78 is 34.3. The SMILES string of the molecule is Cc1noc(C)c1-c1cc(C(=O)O)c2c3cc(C(=O)N4CC(F)C4)ccc3n(Cc3ccc(F)cc3)c2c1. The lowest BCUT2D eigenvalue weighted by Crippen LogP contribution is -2.51. The third-order valence-electron chi connectivity index (χ3n) is 7.14. The fraction of sp³-hybridized carbons (Fsp3) is 0.207. The molecule has 1 N–H and O–H groups in total. The van der Waals surface area contributed by atoms with Crippen LogP contribution in [0.25, 0.3) is 32.9 Å². The highest BCUT2D eigenvalue weighted by molar-refractivity contribution is 6.19. The number of halogens is 2.